The minimum Gasteiger partial charge on any atom is -0.490 e. The normalized spacial score (nSPS) is 17.1. The minimum atomic E-state index is -0.269. The zero-order valence-electron chi connectivity index (χ0n) is 21.3. The van der Waals surface area contributed by atoms with Gasteiger partial charge in [-0.3, -0.25) is 4.98 Å². The van der Waals surface area contributed by atoms with Crippen LogP contribution in [-0.2, 0) is 4.74 Å². The summed E-state index contributed by atoms with van der Waals surface area (Å²) < 4.78 is 26.6. The minimum absolute atomic E-state index is 0.206. The van der Waals surface area contributed by atoms with Gasteiger partial charge in [0.25, 0.3) is 0 Å². The van der Waals surface area contributed by atoms with E-state index >= 15 is 0 Å². The second-order valence-corrected chi connectivity index (χ2v) is 9.88. The number of rotatable bonds is 8. The van der Waals surface area contributed by atoms with Crippen LogP contribution in [0.5, 0.6) is 5.75 Å². The van der Waals surface area contributed by atoms with Gasteiger partial charge >= 0.3 is 0 Å². The number of hydrogen-bond acceptors (Lipinski definition) is 4. The maximum atomic E-state index is 13.7. The van der Waals surface area contributed by atoms with Crippen molar-refractivity contribution in [3.8, 4) is 11.4 Å². The molecule has 38 heavy (non-hydrogen) atoms. The van der Waals surface area contributed by atoms with Crippen LogP contribution in [-0.4, -0.2) is 35.0 Å². The monoisotopic (exact) mass is 550 g/mol. The van der Waals surface area contributed by atoms with Gasteiger partial charge in [0.05, 0.1) is 29.4 Å². The second-order valence-electron chi connectivity index (χ2n) is 9.09. The molecule has 3 heterocycles. The topological polar surface area (TPSA) is 51.6 Å². The zero-order chi connectivity index (χ0) is 26.8. The van der Waals surface area contributed by atoms with Gasteiger partial charge in [-0.2, -0.15) is 0 Å². The van der Waals surface area contributed by atoms with Crippen LogP contribution in [0.4, 0.5) is 10.1 Å². The number of ether oxygens (including phenoxy) is 2. The predicted molar refractivity (Wildman–Crippen MR) is 152 cm³/mol. The van der Waals surface area contributed by atoms with Gasteiger partial charge in [-0.1, -0.05) is 17.7 Å². The van der Waals surface area contributed by atoms with Crippen molar-refractivity contribution in [1.29, 1.82) is 0 Å². The molecule has 2 unspecified atom stereocenters. The summed E-state index contributed by atoms with van der Waals surface area (Å²) in [6.07, 6.45) is 1.78. The Bertz CT molecular complexity index is 1450. The van der Waals surface area contributed by atoms with E-state index in [0.29, 0.717) is 29.1 Å². The summed E-state index contributed by atoms with van der Waals surface area (Å²) in [5.41, 5.74) is 5.74. The molecule has 1 aliphatic rings. The van der Waals surface area contributed by atoms with Gasteiger partial charge in [0.2, 0.25) is 0 Å². The number of methoxy groups -OCH3 is 1. The lowest BCUT2D eigenvalue weighted by Crippen LogP contribution is -2.29. The van der Waals surface area contributed by atoms with Crippen LogP contribution in [0.1, 0.15) is 34.7 Å². The smallest absolute Gasteiger partial charge is 0.174 e. The molecule has 2 atom stereocenters. The molecule has 9 heteroatoms. The molecule has 1 aliphatic heterocycles. The molecular formula is C29H28ClFN4O2S. The highest BCUT2D eigenvalue weighted by atomic mass is 35.5. The molecule has 0 saturated carbocycles. The maximum Gasteiger partial charge on any atom is 0.174 e. The number of nitrogens with one attached hydrogen (secondary N) is 1. The van der Waals surface area contributed by atoms with E-state index in [2.05, 4.69) is 32.8 Å². The first-order valence-corrected chi connectivity index (χ1v) is 13.0. The van der Waals surface area contributed by atoms with Gasteiger partial charge in [-0.25, -0.2) is 4.39 Å². The fourth-order valence-corrected chi connectivity index (χ4v) is 5.59. The number of aryl methyl sites for hydroxylation is 1. The average molecular weight is 551 g/mol. The van der Waals surface area contributed by atoms with Crippen LogP contribution in [0.3, 0.4) is 0 Å². The lowest BCUT2D eigenvalue weighted by atomic mass is 9.96. The van der Waals surface area contributed by atoms with Crippen molar-refractivity contribution in [2.45, 2.75) is 25.9 Å². The van der Waals surface area contributed by atoms with Crippen molar-refractivity contribution in [2.24, 2.45) is 0 Å². The van der Waals surface area contributed by atoms with Crippen LogP contribution in [0.2, 0.25) is 5.02 Å². The number of hydrogen-bond donors (Lipinski definition) is 1. The third-order valence-corrected chi connectivity index (χ3v) is 7.32. The van der Waals surface area contributed by atoms with Crippen molar-refractivity contribution in [3.63, 3.8) is 0 Å². The SMILES string of the molecule is COCCOc1ccc(N2C(=S)NC(c3ccccn3)C2c2cc(C)n(-c3ccc(F)cc3)c2C)cc1Cl. The maximum absolute atomic E-state index is 13.7. The Balaban J connectivity index is 1.60. The van der Waals surface area contributed by atoms with Gasteiger partial charge in [0.1, 0.15) is 18.2 Å². The molecule has 0 bridgehead atoms. The van der Waals surface area contributed by atoms with E-state index in [0.717, 1.165) is 34.0 Å². The lowest BCUT2D eigenvalue weighted by Gasteiger charge is -2.28. The number of benzene rings is 2. The molecule has 0 aliphatic carbocycles. The zero-order valence-corrected chi connectivity index (χ0v) is 22.9. The van der Waals surface area contributed by atoms with E-state index < -0.39 is 0 Å². The van der Waals surface area contributed by atoms with Crippen molar-refractivity contribution in [2.75, 3.05) is 25.2 Å². The highest BCUT2D eigenvalue weighted by Crippen LogP contribution is 2.45. The Hall–Kier alpha value is -3.46. The lowest BCUT2D eigenvalue weighted by molar-refractivity contribution is 0.146. The predicted octanol–water partition coefficient (Wildman–Crippen LogP) is 6.48. The third kappa shape index (κ3) is 4.99. The molecule has 2 aromatic heterocycles. The molecule has 0 spiro atoms. The number of anilines is 1. The summed E-state index contributed by atoms with van der Waals surface area (Å²) in [5.74, 6) is 0.313. The molecule has 6 nitrogen and oxygen atoms in total. The Labute approximate surface area is 232 Å². The highest BCUT2D eigenvalue weighted by molar-refractivity contribution is 7.80. The Morgan fingerprint density at radius 1 is 1.03 bits per heavy atom. The molecule has 0 amide bonds. The molecular weight excluding hydrogens is 523 g/mol. The summed E-state index contributed by atoms with van der Waals surface area (Å²) in [4.78, 5) is 6.72. The van der Waals surface area contributed by atoms with Crippen LogP contribution in [0.25, 0.3) is 5.69 Å². The molecule has 5 rings (SSSR count). The van der Waals surface area contributed by atoms with Gasteiger partial charge in [0.15, 0.2) is 5.11 Å². The van der Waals surface area contributed by atoms with E-state index in [1.54, 1.807) is 25.4 Å². The van der Waals surface area contributed by atoms with E-state index in [4.69, 9.17) is 33.3 Å². The van der Waals surface area contributed by atoms with E-state index in [-0.39, 0.29) is 17.9 Å². The number of thiocarbonyl (C=S) groups is 1. The van der Waals surface area contributed by atoms with E-state index in [1.807, 2.05) is 43.3 Å². The number of nitrogens with zero attached hydrogens (tertiary/aromatic N) is 3. The summed E-state index contributed by atoms with van der Waals surface area (Å²) in [7, 11) is 1.63. The third-order valence-electron chi connectivity index (χ3n) is 6.71. The van der Waals surface area contributed by atoms with Crippen molar-refractivity contribution in [1.82, 2.24) is 14.9 Å². The number of aromatic nitrogens is 2. The number of halogens is 2. The molecule has 2 aromatic carbocycles. The Kier molecular flexibility index (Phi) is 7.65. The van der Waals surface area contributed by atoms with Crippen molar-refractivity contribution >= 4 is 34.6 Å². The van der Waals surface area contributed by atoms with E-state index in [9.17, 15) is 4.39 Å². The van der Waals surface area contributed by atoms with Crippen molar-refractivity contribution < 1.29 is 13.9 Å². The standard InChI is InChI=1S/C29H28ClFN4O2S/c1-18-16-23(19(2)34(18)21-9-7-20(31)8-10-21)28-27(25-6-4-5-13-32-25)33-29(38)35(28)22-11-12-26(24(30)17-22)37-15-14-36-3/h4-13,16-17,27-28H,14-15H2,1-3H3,(H,33,38). The summed E-state index contributed by atoms with van der Waals surface area (Å²) >= 11 is 12.5. The summed E-state index contributed by atoms with van der Waals surface area (Å²) in [6.45, 7) is 4.98. The first-order chi connectivity index (χ1) is 18.4. The van der Waals surface area contributed by atoms with Gasteiger partial charge in [-0.05, 0) is 92.3 Å². The Morgan fingerprint density at radius 3 is 2.47 bits per heavy atom. The van der Waals surface area contributed by atoms with Crippen LogP contribution in [0, 0.1) is 19.7 Å². The molecule has 1 saturated heterocycles. The van der Waals surface area contributed by atoms with E-state index in [1.165, 1.54) is 12.1 Å². The molecule has 4 aromatic rings. The summed E-state index contributed by atoms with van der Waals surface area (Å²) in [6, 6.07) is 19.8. The largest absolute Gasteiger partial charge is 0.490 e. The fourth-order valence-electron chi connectivity index (χ4n) is 5.02. The van der Waals surface area contributed by atoms with Gasteiger partial charge in [-0.15, -0.1) is 0 Å². The fraction of sp³-hybridized carbons (Fsp3) is 0.241. The molecule has 1 N–H and O–H groups in total. The summed E-state index contributed by atoms with van der Waals surface area (Å²) in [5, 5.41) is 4.55. The average Bonchev–Trinajstić information content (AvgIpc) is 3.41. The highest BCUT2D eigenvalue weighted by Gasteiger charge is 2.42. The first kappa shape index (κ1) is 26.2. The van der Waals surface area contributed by atoms with Crippen LogP contribution < -0.4 is 15.0 Å². The van der Waals surface area contributed by atoms with Crippen molar-refractivity contribution in [3.05, 3.63) is 106 Å². The second kappa shape index (κ2) is 11.1. The van der Waals surface area contributed by atoms with Crippen LogP contribution >= 0.6 is 23.8 Å². The first-order valence-electron chi connectivity index (χ1n) is 12.3. The van der Waals surface area contributed by atoms with Gasteiger partial charge in [0, 0.05) is 36.1 Å². The molecule has 1 fully saturated rings. The Morgan fingerprint density at radius 2 is 1.79 bits per heavy atom. The molecule has 196 valence electrons. The number of pyridine rings is 1. The quantitative estimate of drug-likeness (QED) is 0.200. The molecule has 0 radical (unpaired) electrons. The van der Waals surface area contributed by atoms with Crippen LogP contribution in [0.15, 0.2) is 72.9 Å². The van der Waals surface area contributed by atoms with Gasteiger partial charge < -0.3 is 24.3 Å².